The number of aliphatic hydroxyl groups excluding tert-OH is 1. The summed E-state index contributed by atoms with van der Waals surface area (Å²) in [5.74, 6) is 1.18. The molecule has 2 atom stereocenters. The van der Waals surface area contributed by atoms with Crippen molar-refractivity contribution in [1.82, 2.24) is 15.3 Å². The van der Waals surface area contributed by atoms with Gasteiger partial charge in [-0.05, 0) is 49.3 Å². The first-order valence-corrected chi connectivity index (χ1v) is 12.5. The summed E-state index contributed by atoms with van der Waals surface area (Å²) in [6, 6.07) is 7.56. The Morgan fingerprint density at radius 3 is 2.67 bits per heavy atom. The van der Waals surface area contributed by atoms with Gasteiger partial charge in [-0.3, -0.25) is 0 Å². The summed E-state index contributed by atoms with van der Waals surface area (Å²) in [5.41, 5.74) is 0.930. The Labute approximate surface area is 202 Å². The summed E-state index contributed by atoms with van der Waals surface area (Å²) in [5, 5.41) is 19.1. The molecule has 1 aromatic heterocycles. The molecule has 2 aromatic rings. The number of aliphatic hydroxyl groups is 1. The van der Waals surface area contributed by atoms with Crippen LogP contribution in [0.3, 0.4) is 0 Å². The lowest BCUT2D eigenvalue weighted by molar-refractivity contribution is 0.289. The molecule has 0 aliphatic carbocycles. The SMILES string of the molecule is CCCCC(CCCNCCO)C[C@H](C)CNc1nc(NCc2ccccc2Cl)ncc1F. The maximum Gasteiger partial charge on any atom is 0.225 e. The number of nitrogens with one attached hydrogen (secondary N) is 3. The zero-order valence-corrected chi connectivity index (χ0v) is 20.7. The highest BCUT2D eigenvalue weighted by atomic mass is 35.5. The number of nitrogens with zero attached hydrogens (tertiary/aromatic N) is 2. The van der Waals surface area contributed by atoms with Gasteiger partial charge in [0.25, 0.3) is 0 Å². The molecule has 0 amide bonds. The van der Waals surface area contributed by atoms with Crippen LogP contribution in [0.25, 0.3) is 0 Å². The van der Waals surface area contributed by atoms with Crippen LogP contribution in [0.4, 0.5) is 16.2 Å². The lowest BCUT2D eigenvalue weighted by Crippen LogP contribution is -2.21. The van der Waals surface area contributed by atoms with Crippen molar-refractivity contribution in [3.8, 4) is 0 Å². The van der Waals surface area contributed by atoms with Crippen LogP contribution in [-0.2, 0) is 6.54 Å². The number of rotatable bonds is 17. The first-order valence-electron chi connectivity index (χ1n) is 12.1. The van der Waals surface area contributed by atoms with Gasteiger partial charge < -0.3 is 21.1 Å². The van der Waals surface area contributed by atoms with E-state index in [2.05, 4.69) is 39.8 Å². The second-order valence-corrected chi connectivity index (χ2v) is 9.09. The van der Waals surface area contributed by atoms with Crippen molar-refractivity contribution in [2.45, 2.75) is 58.9 Å². The molecule has 1 heterocycles. The quantitative estimate of drug-likeness (QED) is 0.225. The molecule has 0 aliphatic rings. The van der Waals surface area contributed by atoms with E-state index in [0.717, 1.165) is 24.9 Å². The van der Waals surface area contributed by atoms with Crippen LogP contribution < -0.4 is 16.0 Å². The molecule has 0 saturated heterocycles. The fourth-order valence-electron chi connectivity index (χ4n) is 3.91. The van der Waals surface area contributed by atoms with Gasteiger partial charge >= 0.3 is 0 Å². The standard InChI is InChI=1S/C25H39ClFN5O/c1-3-4-8-20(9-7-12-28-13-14-33)15-19(2)16-29-24-23(27)18-31-25(32-24)30-17-21-10-5-6-11-22(21)26/h5-6,10-11,18-20,28,33H,3-4,7-9,12-17H2,1-2H3,(H2,29,30,31,32)/t19-,20?/m0/s1. The van der Waals surface area contributed by atoms with E-state index in [1.165, 1.54) is 31.9 Å². The van der Waals surface area contributed by atoms with E-state index < -0.39 is 5.82 Å². The predicted molar refractivity (Wildman–Crippen MR) is 135 cm³/mol. The summed E-state index contributed by atoms with van der Waals surface area (Å²) >= 11 is 6.19. The van der Waals surface area contributed by atoms with Crippen molar-refractivity contribution in [3.05, 3.63) is 46.9 Å². The average molecular weight is 480 g/mol. The van der Waals surface area contributed by atoms with Crippen molar-refractivity contribution in [2.24, 2.45) is 11.8 Å². The topological polar surface area (TPSA) is 82.1 Å². The van der Waals surface area contributed by atoms with E-state index in [4.69, 9.17) is 16.7 Å². The minimum Gasteiger partial charge on any atom is -0.395 e. The Kier molecular flexibility index (Phi) is 13.1. The van der Waals surface area contributed by atoms with Crippen LogP contribution >= 0.6 is 11.6 Å². The molecule has 1 aromatic carbocycles. The molecule has 1 unspecified atom stereocenters. The minimum atomic E-state index is -0.456. The van der Waals surface area contributed by atoms with Gasteiger partial charge in [-0.1, -0.05) is 62.9 Å². The van der Waals surface area contributed by atoms with Gasteiger partial charge in [0.2, 0.25) is 5.95 Å². The van der Waals surface area contributed by atoms with Crippen LogP contribution in [0, 0.1) is 17.7 Å². The van der Waals surface area contributed by atoms with Crippen LogP contribution in [0.1, 0.15) is 57.9 Å². The van der Waals surface area contributed by atoms with Gasteiger partial charge in [-0.2, -0.15) is 4.98 Å². The third kappa shape index (κ3) is 10.7. The summed E-state index contributed by atoms with van der Waals surface area (Å²) < 4.78 is 14.3. The lowest BCUT2D eigenvalue weighted by Gasteiger charge is -2.22. The Morgan fingerprint density at radius 1 is 1.12 bits per heavy atom. The summed E-state index contributed by atoms with van der Waals surface area (Å²) in [4.78, 5) is 8.36. The van der Waals surface area contributed by atoms with Crippen molar-refractivity contribution in [1.29, 1.82) is 0 Å². The molecule has 2 rings (SSSR count). The average Bonchev–Trinajstić information content (AvgIpc) is 2.81. The summed E-state index contributed by atoms with van der Waals surface area (Å²) in [6.07, 6.45) is 8.21. The smallest absolute Gasteiger partial charge is 0.225 e. The van der Waals surface area contributed by atoms with Gasteiger partial charge in [0.05, 0.1) is 12.8 Å². The Balaban J connectivity index is 1.84. The molecule has 6 nitrogen and oxygen atoms in total. The number of hydrogen-bond donors (Lipinski definition) is 4. The van der Waals surface area contributed by atoms with Crippen LogP contribution in [-0.4, -0.2) is 41.3 Å². The second kappa shape index (κ2) is 15.8. The molecule has 0 aliphatic heterocycles. The van der Waals surface area contributed by atoms with E-state index in [1.54, 1.807) is 0 Å². The van der Waals surface area contributed by atoms with Crippen LogP contribution in [0.2, 0.25) is 5.02 Å². The Morgan fingerprint density at radius 2 is 1.91 bits per heavy atom. The minimum absolute atomic E-state index is 0.179. The van der Waals surface area contributed by atoms with Crippen molar-refractivity contribution >= 4 is 23.4 Å². The Hall–Kier alpha value is -1.96. The molecule has 8 heteroatoms. The Bertz CT molecular complexity index is 810. The van der Waals surface area contributed by atoms with Gasteiger partial charge in [0.1, 0.15) is 0 Å². The fourth-order valence-corrected chi connectivity index (χ4v) is 4.11. The second-order valence-electron chi connectivity index (χ2n) is 8.68. The molecule has 0 radical (unpaired) electrons. The lowest BCUT2D eigenvalue weighted by atomic mass is 9.88. The highest BCUT2D eigenvalue weighted by Gasteiger charge is 2.15. The fraction of sp³-hybridized carbons (Fsp3) is 0.600. The zero-order chi connectivity index (χ0) is 23.9. The van der Waals surface area contributed by atoms with E-state index in [-0.39, 0.29) is 12.4 Å². The van der Waals surface area contributed by atoms with E-state index in [1.807, 2.05) is 24.3 Å². The van der Waals surface area contributed by atoms with E-state index in [0.29, 0.717) is 42.4 Å². The molecule has 0 saturated carbocycles. The molecule has 184 valence electrons. The van der Waals surface area contributed by atoms with Gasteiger partial charge in [0, 0.05) is 24.7 Å². The highest BCUT2D eigenvalue weighted by Crippen LogP contribution is 2.24. The van der Waals surface area contributed by atoms with Gasteiger partial charge in [-0.15, -0.1) is 0 Å². The summed E-state index contributed by atoms with van der Waals surface area (Å²) in [7, 11) is 0. The zero-order valence-electron chi connectivity index (χ0n) is 19.9. The molecule has 4 N–H and O–H groups in total. The number of benzene rings is 1. The molecule has 0 spiro atoms. The molecular formula is C25H39ClFN5O. The van der Waals surface area contributed by atoms with Crippen molar-refractivity contribution in [2.75, 3.05) is 36.9 Å². The number of aromatic nitrogens is 2. The van der Waals surface area contributed by atoms with Gasteiger partial charge in [-0.25, -0.2) is 9.37 Å². The van der Waals surface area contributed by atoms with E-state index >= 15 is 0 Å². The molecule has 33 heavy (non-hydrogen) atoms. The highest BCUT2D eigenvalue weighted by molar-refractivity contribution is 6.31. The predicted octanol–water partition coefficient (Wildman–Crippen LogP) is 5.49. The monoisotopic (exact) mass is 479 g/mol. The van der Waals surface area contributed by atoms with Crippen molar-refractivity contribution < 1.29 is 9.50 Å². The maximum atomic E-state index is 14.3. The first kappa shape index (κ1) is 27.3. The largest absolute Gasteiger partial charge is 0.395 e. The maximum absolute atomic E-state index is 14.3. The molecular weight excluding hydrogens is 441 g/mol. The number of halogens is 2. The normalized spacial score (nSPS) is 13.0. The number of unbranched alkanes of at least 4 members (excludes halogenated alkanes) is 1. The van der Waals surface area contributed by atoms with Gasteiger partial charge in [0.15, 0.2) is 11.6 Å². The third-order valence-electron chi connectivity index (χ3n) is 5.71. The molecule has 0 fully saturated rings. The number of hydrogen-bond acceptors (Lipinski definition) is 6. The van der Waals surface area contributed by atoms with E-state index in [9.17, 15) is 4.39 Å². The van der Waals surface area contributed by atoms with Crippen molar-refractivity contribution in [3.63, 3.8) is 0 Å². The first-order chi connectivity index (χ1) is 16.0. The third-order valence-corrected chi connectivity index (χ3v) is 6.08. The summed E-state index contributed by atoms with van der Waals surface area (Å²) in [6.45, 7) is 7.31. The molecule has 0 bridgehead atoms. The van der Waals surface area contributed by atoms with Crippen LogP contribution in [0.15, 0.2) is 30.5 Å². The van der Waals surface area contributed by atoms with Crippen LogP contribution in [0.5, 0.6) is 0 Å². The number of anilines is 2.